The van der Waals surface area contributed by atoms with E-state index in [4.69, 9.17) is 9.47 Å². The molecular weight excluding hydrogens is 282 g/mol. The molecule has 5 heteroatoms. The van der Waals surface area contributed by atoms with Crippen LogP contribution in [0, 0.1) is 20.8 Å². The Hall–Kier alpha value is -2.04. The number of anilines is 1. The van der Waals surface area contributed by atoms with Crippen molar-refractivity contribution in [1.82, 2.24) is 0 Å². The second-order valence-corrected chi connectivity index (χ2v) is 6.42. The molecule has 0 saturated heterocycles. The molecule has 0 unspecified atom stereocenters. The molecule has 1 rings (SSSR count). The Morgan fingerprint density at radius 1 is 1.09 bits per heavy atom. The van der Waals surface area contributed by atoms with Crippen molar-refractivity contribution < 1.29 is 19.1 Å². The van der Waals surface area contributed by atoms with Gasteiger partial charge in [-0.1, -0.05) is 0 Å². The van der Waals surface area contributed by atoms with Gasteiger partial charge in [0, 0.05) is 14.0 Å². The second-order valence-electron chi connectivity index (χ2n) is 6.42. The lowest BCUT2D eigenvalue weighted by Gasteiger charge is -2.27. The lowest BCUT2D eigenvalue weighted by Crippen LogP contribution is -2.34. The van der Waals surface area contributed by atoms with E-state index in [0.29, 0.717) is 5.75 Å². The average molecular weight is 307 g/mol. The first-order valence-corrected chi connectivity index (χ1v) is 7.20. The predicted octanol–water partition coefficient (Wildman–Crippen LogP) is 3.91. The van der Waals surface area contributed by atoms with Gasteiger partial charge in [0.25, 0.3) is 0 Å². The summed E-state index contributed by atoms with van der Waals surface area (Å²) in [5, 5.41) is 0. The highest BCUT2D eigenvalue weighted by molar-refractivity contribution is 5.89. The standard InChI is InChI=1S/C17H25NO4/c1-10-9-14(18(8)16(20)22-17(5,6)7)11(2)12(3)15(10)21-13(4)19/h9H,1-8H3. The van der Waals surface area contributed by atoms with E-state index >= 15 is 0 Å². The van der Waals surface area contributed by atoms with Crippen molar-refractivity contribution in [3.8, 4) is 5.75 Å². The first-order chi connectivity index (χ1) is 9.94. The van der Waals surface area contributed by atoms with Gasteiger partial charge >= 0.3 is 12.1 Å². The van der Waals surface area contributed by atoms with Crippen molar-refractivity contribution in [1.29, 1.82) is 0 Å². The number of rotatable bonds is 2. The van der Waals surface area contributed by atoms with Gasteiger partial charge in [-0.05, 0) is 64.3 Å². The number of hydrogen-bond donors (Lipinski definition) is 0. The third-order valence-corrected chi connectivity index (χ3v) is 3.27. The summed E-state index contributed by atoms with van der Waals surface area (Å²) in [5.74, 6) is 0.185. The van der Waals surface area contributed by atoms with E-state index in [1.165, 1.54) is 11.8 Å². The zero-order chi connectivity index (χ0) is 17.2. The maximum Gasteiger partial charge on any atom is 0.414 e. The van der Waals surface area contributed by atoms with Gasteiger partial charge in [0.05, 0.1) is 5.69 Å². The molecule has 5 nitrogen and oxygen atoms in total. The number of carbonyl (C=O) groups excluding carboxylic acids is 2. The Morgan fingerprint density at radius 3 is 2.09 bits per heavy atom. The van der Waals surface area contributed by atoms with Crippen LogP contribution in [-0.2, 0) is 9.53 Å². The largest absolute Gasteiger partial charge is 0.443 e. The number of esters is 1. The normalized spacial score (nSPS) is 11.1. The monoisotopic (exact) mass is 307 g/mol. The van der Waals surface area contributed by atoms with Crippen molar-refractivity contribution in [2.45, 2.75) is 54.1 Å². The van der Waals surface area contributed by atoms with E-state index in [2.05, 4.69) is 0 Å². The summed E-state index contributed by atoms with van der Waals surface area (Å²) in [4.78, 5) is 24.9. The van der Waals surface area contributed by atoms with Crippen molar-refractivity contribution in [2.75, 3.05) is 11.9 Å². The van der Waals surface area contributed by atoms with Gasteiger partial charge in [0.2, 0.25) is 0 Å². The molecule has 0 saturated carbocycles. The van der Waals surface area contributed by atoms with Crippen molar-refractivity contribution in [2.24, 2.45) is 0 Å². The summed E-state index contributed by atoms with van der Waals surface area (Å²) in [7, 11) is 1.67. The molecule has 0 fully saturated rings. The lowest BCUT2D eigenvalue weighted by molar-refractivity contribution is -0.131. The fourth-order valence-electron chi connectivity index (χ4n) is 2.11. The number of ether oxygens (including phenoxy) is 2. The predicted molar refractivity (Wildman–Crippen MR) is 86.6 cm³/mol. The third kappa shape index (κ3) is 4.23. The number of aryl methyl sites for hydroxylation is 1. The molecule has 0 atom stereocenters. The van der Waals surface area contributed by atoms with Crippen LogP contribution >= 0.6 is 0 Å². The van der Waals surface area contributed by atoms with Gasteiger partial charge in [-0.2, -0.15) is 0 Å². The summed E-state index contributed by atoms with van der Waals surface area (Å²) in [6, 6.07) is 1.82. The molecular formula is C17H25NO4. The molecule has 0 radical (unpaired) electrons. The van der Waals surface area contributed by atoms with Crippen LogP contribution in [0.3, 0.4) is 0 Å². The van der Waals surface area contributed by atoms with Crippen LogP contribution < -0.4 is 9.64 Å². The molecule has 122 valence electrons. The molecule has 1 amide bonds. The SMILES string of the molecule is CC(=O)Oc1c(C)cc(N(C)C(=O)OC(C)(C)C)c(C)c1C. The second kappa shape index (κ2) is 6.38. The molecule has 0 aromatic heterocycles. The van der Waals surface area contributed by atoms with Gasteiger partial charge < -0.3 is 9.47 Å². The Morgan fingerprint density at radius 2 is 1.64 bits per heavy atom. The molecule has 0 bridgehead atoms. The van der Waals surface area contributed by atoms with Crippen molar-refractivity contribution in [3.05, 3.63) is 22.8 Å². The van der Waals surface area contributed by atoms with E-state index in [9.17, 15) is 9.59 Å². The van der Waals surface area contributed by atoms with Gasteiger partial charge in [-0.3, -0.25) is 9.69 Å². The zero-order valence-corrected chi connectivity index (χ0v) is 14.7. The lowest BCUT2D eigenvalue weighted by atomic mass is 10.0. The first-order valence-electron chi connectivity index (χ1n) is 7.20. The highest BCUT2D eigenvalue weighted by Gasteiger charge is 2.23. The Bertz CT molecular complexity index is 600. The van der Waals surface area contributed by atoms with Crippen LogP contribution in [0.25, 0.3) is 0 Å². The molecule has 0 aliphatic rings. The highest BCUT2D eigenvalue weighted by Crippen LogP contribution is 2.34. The van der Waals surface area contributed by atoms with E-state index in [0.717, 1.165) is 22.4 Å². The van der Waals surface area contributed by atoms with Gasteiger partial charge in [0.1, 0.15) is 11.4 Å². The Kier molecular flexibility index (Phi) is 5.22. The van der Waals surface area contributed by atoms with Crippen LogP contribution in [0.1, 0.15) is 44.4 Å². The maximum atomic E-state index is 12.2. The smallest absolute Gasteiger partial charge is 0.414 e. The number of hydrogen-bond acceptors (Lipinski definition) is 4. The zero-order valence-electron chi connectivity index (χ0n) is 14.7. The Balaban J connectivity index is 3.21. The van der Waals surface area contributed by atoms with Gasteiger partial charge in [-0.15, -0.1) is 0 Å². The molecule has 0 spiro atoms. The summed E-state index contributed by atoms with van der Waals surface area (Å²) in [6.07, 6.45) is -0.422. The topological polar surface area (TPSA) is 55.8 Å². The summed E-state index contributed by atoms with van der Waals surface area (Å²) in [6.45, 7) is 12.4. The average Bonchev–Trinajstić information content (AvgIpc) is 2.35. The number of benzene rings is 1. The Labute approximate surface area is 132 Å². The molecule has 1 aromatic carbocycles. The van der Waals surface area contributed by atoms with Gasteiger partial charge in [0.15, 0.2) is 0 Å². The number of carbonyl (C=O) groups is 2. The number of amides is 1. The van der Waals surface area contributed by atoms with Crippen LogP contribution in [0.4, 0.5) is 10.5 Å². The van der Waals surface area contributed by atoms with E-state index in [1.54, 1.807) is 7.05 Å². The van der Waals surface area contributed by atoms with Gasteiger partial charge in [-0.25, -0.2) is 4.79 Å². The van der Waals surface area contributed by atoms with E-state index in [-0.39, 0.29) is 5.97 Å². The third-order valence-electron chi connectivity index (χ3n) is 3.27. The summed E-state index contributed by atoms with van der Waals surface area (Å²) in [5.41, 5.74) is 2.68. The van der Waals surface area contributed by atoms with Crippen LogP contribution in [0.5, 0.6) is 5.75 Å². The molecule has 1 aromatic rings. The summed E-state index contributed by atoms with van der Waals surface area (Å²) >= 11 is 0. The fraction of sp³-hybridized carbons (Fsp3) is 0.529. The van der Waals surface area contributed by atoms with Crippen molar-refractivity contribution in [3.63, 3.8) is 0 Å². The molecule has 0 heterocycles. The van der Waals surface area contributed by atoms with Crippen molar-refractivity contribution >= 4 is 17.7 Å². The van der Waals surface area contributed by atoms with Crippen LogP contribution in [-0.4, -0.2) is 24.7 Å². The fourth-order valence-corrected chi connectivity index (χ4v) is 2.11. The van der Waals surface area contributed by atoms with Crippen LogP contribution in [0.2, 0.25) is 0 Å². The molecule has 0 aliphatic carbocycles. The molecule has 0 N–H and O–H groups in total. The quantitative estimate of drug-likeness (QED) is 0.614. The highest BCUT2D eigenvalue weighted by atomic mass is 16.6. The summed E-state index contributed by atoms with van der Waals surface area (Å²) < 4.78 is 10.6. The maximum absolute atomic E-state index is 12.2. The molecule has 0 aliphatic heterocycles. The number of nitrogens with zero attached hydrogens (tertiary/aromatic N) is 1. The van der Waals surface area contributed by atoms with E-state index < -0.39 is 11.7 Å². The van der Waals surface area contributed by atoms with E-state index in [1.807, 2.05) is 47.6 Å². The first kappa shape index (κ1) is 18.0. The minimum atomic E-state index is -0.555. The minimum absolute atomic E-state index is 0.362. The minimum Gasteiger partial charge on any atom is -0.443 e. The van der Waals surface area contributed by atoms with Crippen LogP contribution in [0.15, 0.2) is 6.07 Å². The molecule has 22 heavy (non-hydrogen) atoms.